The molecule has 0 amide bonds. The highest BCUT2D eigenvalue weighted by Crippen LogP contribution is 2.40. The standard InChI is InChI=1S/C14H15Br2NO2S/c15-11-5-6-12(16)13(9-11)20(18,19)14(10-17)7-3-1-2-4-8-14/h5-6,9H,1-4,7-8H2. The van der Waals surface area contributed by atoms with Crippen LogP contribution in [0.5, 0.6) is 0 Å². The second kappa shape index (κ2) is 6.17. The van der Waals surface area contributed by atoms with Crippen molar-refractivity contribution in [3.05, 3.63) is 27.1 Å². The third-order valence-electron chi connectivity index (χ3n) is 3.81. The number of hydrogen-bond donors (Lipinski definition) is 0. The molecule has 0 saturated heterocycles. The van der Waals surface area contributed by atoms with Crippen molar-refractivity contribution < 1.29 is 8.42 Å². The molecule has 1 aliphatic rings. The Labute approximate surface area is 136 Å². The Bertz CT molecular complexity index is 642. The molecule has 3 nitrogen and oxygen atoms in total. The summed E-state index contributed by atoms with van der Waals surface area (Å²) in [5.41, 5.74) is 0. The van der Waals surface area contributed by atoms with E-state index in [1.54, 1.807) is 18.2 Å². The van der Waals surface area contributed by atoms with Crippen molar-refractivity contribution >= 4 is 41.7 Å². The van der Waals surface area contributed by atoms with Gasteiger partial charge in [0.1, 0.15) is 0 Å². The van der Waals surface area contributed by atoms with Crippen LogP contribution in [0.4, 0.5) is 0 Å². The van der Waals surface area contributed by atoms with Crippen LogP contribution in [-0.4, -0.2) is 13.2 Å². The summed E-state index contributed by atoms with van der Waals surface area (Å²) in [5, 5.41) is 9.57. The summed E-state index contributed by atoms with van der Waals surface area (Å²) in [5.74, 6) is 0. The summed E-state index contributed by atoms with van der Waals surface area (Å²) in [6.45, 7) is 0. The molecule has 0 aromatic heterocycles. The number of nitrogens with zero attached hydrogens (tertiary/aromatic N) is 1. The summed E-state index contributed by atoms with van der Waals surface area (Å²) in [7, 11) is -3.69. The van der Waals surface area contributed by atoms with Crippen molar-refractivity contribution in [1.82, 2.24) is 0 Å². The number of halogens is 2. The molecule has 1 aliphatic carbocycles. The van der Waals surface area contributed by atoms with Crippen LogP contribution in [0, 0.1) is 11.3 Å². The van der Waals surface area contributed by atoms with E-state index in [-0.39, 0.29) is 4.90 Å². The Balaban J connectivity index is 2.57. The lowest BCUT2D eigenvalue weighted by molar-refractivity contribution is 0.522. The smallest absolute Gasteiger partial charge is 0.198 e. The van der Waals surface area contributed by atoms with Crippen LogP contribution in [0.15, 0.2) is 32.0 Å². The summed E-state index contributed by atoms with van der Waals surface area (Å²) < 4.78 is 25.9. The lowest BCUT2D eigenvalue weighted by Crippen LogP contribution is -2.37. The molecule has 6 heteroatoms. The molecular formula is C14H15Br2NO2S. The molecular weight excluding hydrogens is 406 g/mol. The third-order valence-corrected chi connectivity index (χ3v) is 7.70. The topological polar surface area (TPSA) is 57.9 Å². The number of hydrogen-bond acceptors (Lipinski definition) is 3. The van der Waals surface area contributed by atoms with Gasteiger partial charge in [0.15, 0.2) is 14.6 Å². The normalized spacial score (nSPS) is 19.1. The molecule has 2 rings (SSSR count). The molecule has 0 radical (unpaired) electrons. The molecule has 0 bridgehead atoms. The largest absolute Gasteiger partial charge is 0.222 e. The van der Waals surface area contributed by atoms with Gasteiger partial charge in [-0.15, -0.1) is 0 Å². The zero-order valence-electron chi connectivity index (χ0n) is 10.9. The Kier molecular flexibility index (Phi) is 4.93. The predicted molar refractivity (Wildman–Crippen MR) is 85.1 cm³/mol. The molecule has 1 aromatic carbocycles. The molecule has 1 fully saturated rings. The minimum Gasteiger partial charge on any atom is -0.222 e. The van der Waals surface area contributed by atoms with Crippen LogP contribution in [0.1, 0.15) is 38.5 Å². The SMILES string of the molecule is N#CC1(S(=O)(=O)c2cc(Br)ccc2Br)CCCCCC1. The van der Waals surface area contributed by atoms with Crippen molar-refractivity contribution in [1.29, 1.82) is 5.26 Å². The summed E-state index contributed by atoms with van der Waals surface area (Å²) in [6.07, 6.45) is 4.42. The third kappa shape index (κ3) is 2.81. The quantitative estimate of drug-likeness (QED) is 0.656. The van der Waals surface area contributed by atoms with Gasteiger partial charge in [0.05, 0.1) is 11.0 Å². The van der Waals surface area contributed by atoms with Crippen molar-refractivity contribution in [3.63, 3.8) is 0 Å². The van der Waals surface area contributed by atoms with E-state index in [2.05, 4.69) is 37.9 Å². The first-order chi connectivity index (χ1) is 9.43. The van der Waals surface area contributed by atoms with E-state index >= 15 is 0 Å². The van der Waals surface area contributed by atoms with E-state index in [1.165, 1.54) is 0 Å². The van der Waals surface area contributed by atoms with Gasteiger partial charge in [0.2, 0.25) is 0 Å². The minimum atomic E-state index is -3.69. The molecule has 1 aromatic rings. The van der Waals surface area contributed by atoms with Gasteiger partial charge in [-0.2, -0.15) is 5.26 Å². The maximum Gasteiger partial charge on any atom is 0.198 e. The van der Waals surface area contributed by atoms with Crippen LogP contribution in [0.2, 0.25) is 0 Å². The van der Waals surface area contributed by atoms with Gasteiger partial charge >= 0.3 is 0 Å². The van der Waals surface area contributed by atoms with Gasteiger partial charge in [0, 0.05) is 8.95 Å². The molecule has 0 heterocycles. The fraction of sp³-hybridized carbons (Fsp3) is 0.500. The maximum atomic E-state index is 13.0. The molecule has 0 spiro atoms. The lowest BCUT2D eigenvalue weighted by atomic mass is 10.0. The van der Waals surface area contributed by atoms with E-state index in [0.29, 0.717) is 21.8 Å². The molecule has 0 N–H and O–H groups in total. The molecule has 108 valence electrons. The number of sulfone groups is 1. The fourth-order valence-corrected chi connectivity index (χ4v) is 6.01. The van der Waals surface area contributed by atoms with Crippen molar-refractivity contribution in [2.24, 2.45) is 0 Å². The molecule has 0 atom stereocenters. The van der Waals surface area contributed by atoms with E-state index in [9.17, 15) is 13.7 Å². The highest BCUT2D eigenvalue weighted by molar-refractivity contribution is 9.11. The highest BCUT2D eigenvalue weighted by atomic mass is 79.9. The lowest BCUT2D eigenvalue weighted by Gasteiger charge is -2.25. The minimum absolute atomic E-state index is 0.204. The molecule has 20 heavy (non-hydrogen) atoms. The number of nitriles is 1. The van der Waals surface area contributed by atoms with Crippen LogP contribution in [-0.2, 0) is 9.84 Å². The van der Waals surface area contributed by atoms with Crippen LogP contribution in [0.3, 0.4) is 0 Å². The summed E-state index contributed by atoms with van der Waals surface area (Å²) >= 11 is 6.60. The van der Waals surface area contributed by atoms with Crippen molar-refractivity contribution in [2.45, 2.75) is 48.2 Å². The Morgan fingerprint density at radius 3 is 2.25 bits per heavy atom. The first-order valence-electron chi connectivity index (χ1n) is 6.54. The average Bonchev–Trinajstić information content (AvgIpc) is 2.68. The van der Waals surface area contributed by atoms with E-state index in [4.69, 9.17) is 0 Å². The Morgan fingerprint density at radius 1 is 1.10 bits per heavy atom. The van der Waals surface area contributed by atoms with Gasteiger partial charge < -0.3 is 0 Å². The van der Waals surface area contributed by atoms with Crippen LogP contribution < -0.4 is 0 Å². The van der Waals surface area contributed by atoms with Crippen molar-refractivity contribution in [2.75, 3.05) is 0 Å². The van der Waals surface area contributed by atoms with Gasteiger partial charge in [-0.3, -0.25) is 0 Å². The number of rotatable bonds is 2. The maximum absolute atomic E-state index is 13.0. The van der Waals surface area contributed by atoms with E-state index in [0.717, 1.165) is 25.7 Å². The second-order valence-electron chi connectivity index (χ2n) is 5.10. The van der Waals surface area contributed by atoms with Gasteiger partial charge in [-0.1, -0.05) is 41.6 Å². The molecule has 0 aliphatic heterocycles. The monoisotopic (exact) mass is 419 g/mol. The zero-order chi connectivity index (χ0) is 14.8. The van der Waals surface area contributed by atoms with E-state index < -0.39 is 14.6 Å². The van der Waals surface area contributed by atoms with Crippen molar-refractivity contribution in [3.8, 4) is 6.07 Å². The van der Waals surface area contributed by atoms with Gasteiger partial charge in [-0.25, -0.2) is 8.42 Å². The van der Waals surface area contributed by atoms with Gasteiger partial charge in [-0.05, 0) is 47.0 Å². The first-order valence-corrected chi connectivity index (χ1v) is 9.61. The highest BCUT2D eigenvalue weighted by Gasteiger charge is 2.45. The Hall–Kier alpha value is -0.380. The fourth-order valence-electron chi connectivity index (χ4n) is 2.63. The molecule has 0 unspecified atom stereocenters. The van der Waals surface area contributed by atoms with E-state index in [1.807, 2.05) is 0 Å². The zero-order valence-corrected chi connectivity index (χ0v) is 14.9. The first kappa shape index (κ1) is 16.0. The second-order valence-corrected chi connectivity index (χ2v) is 9.10. The number of benzene rings is 1. The molecule has 1 saturated carbocycles. The van der Waals surface area contributed by atoms with Crippen LogP contribution in [0.25, 0.3) is 0 Å². The summed E-state index contributed by atoms with van der Waals surface area (Å²) in [4.78, 5) is 0.204. The van der Waals surface area contributed by atoms with Gasteiger partial charge in [0.25, 0.3) is 0 Å². The van der Waals surface area contributed by atoms with Crippen LogP contribution >= 0.6 is 31.9 Å². The average molecular weight is 421 g/mol. The Morgan fingerprint density at radius 2 is 1.70 bits per heavy atom. The predicted octanol–water partition coefficient (Wildman–Crippen LogP) is 4.60. The summed E-state index contributed by atoms with van der Waals surface area (Å²) in [6, 6.07) is 7.16.